The van der Waals surface area contributed by atoms with Gasteiger partial charge in [0.15, 0.2) is 0 Å². The molecule has 0 atom stereocenters. The minimum Gasteiger partial charge on any atom is -0.247 e. The van der Waals surface area contributed by atoms with Gasteiger partial charge in [0.25, 0.3) is 0 Å². The Hall–Kier alpha value is -1.08. The van der Waals surface area contributed by atoms with Gasteiger partial charge in [-0.05, 0) is 35.3 Å². The fraction of sp³-hybridized carbons (Fsp3) is 0.300. The zero-order valence-electron chi connectivity index (χ0n) is 9.52. The Bertz CT molecular complexity index is 713. The van der Waals surface area contributed by atoms with E-state index in [0.717, 1.165) is 17.2 Å². The lowest BCUT2D eigenvalue weighted by molar-refractivity contribution is 0.593. The molecule has 0 saturated heterocycles. The largest absolute Gasteiger partial charge is 0.247 e. The number of sulfone groups is 1. The van der Waals surface area contributed by atoms with Crippen molar-refractivity contribution in [1.29, 1.82) is 0 Å². The van der Waals surface area contributed by atoms with Crippen molar-refractivity contribution in [1.82, 2.24) is 15.0 Å². The third kappa shape index (κ3) is 2.16. The Morgan fingerprint density at radius 2 is 1.88 bits per heavy atom. The highest BCUT2D eigenvalue weighted by molar-refractivity contribution is 9.10. The normalized spacial score (nSPS) is 12.0. The van der Waals surface area contributed by atoms with Gasteiger partial charge in [-0.3, -0.25) is 0 Å². The Kier molecular flexibility index (Phi) is 2.90. The fourth-order valence-corrected chi connectivity index (χ4v) is 2.56. The summed E-state index contributed by atoms with van der Waals surface area (Å²) in [6, 6.07) is 0. The first-order valence-electron chi connectivity index (χ1n) is 4.80. The van der Waals surface area contributed by atoms with Gasteiger partial charge in [-0.1, -0.05) is 0 Å². The second kappa shape index (κ2) is 3.99. The number of aryl methyl sites for hydroxylation is 2. The van der Waals surface area contributed by atoms with Gasteiger partial charge in [0.05, 0.1) is 5.69 Å². The second-order valence-electron chi connectivity index (χ2n) is 3.82. The number of nitrogens with zero attached hydrogens (tertiary/aromatic N) is 3. The predicted octanol–water partition coefficient (Wildman–Crippen LogP) is 1.81. The molecule has 90 valence electrons. The smallest absolute Gasteiger partial charge is 0.247 e. The van der Waals surface area contributed by atoms with E-state index in [4.69, 9.17) is 0 Å². The molecule has 0 bridgehead atoms. The highest BCUT2D eigenvalue weighted by atomic mass is 79.9. The molecular formula is C10H10BrN3O2S. The topological polar surface area (TPSA) is 72.8 Å². The van der Waals surface area contributed by atoms with Gasteiger partial charge in [0.2, 0.25) is 15.0 Å². The van der Waals surface area contributed by atoms with Gasteiger partial charge in [-0.25, -0.2) is 23.4 Å². The van der Waals surface area contributed by atoms with Crippen molar-refractivity contribution in [2.45, 2.75) is 19.0 Å². The van der Waals surface area contributed by atoms with Crippen molar-refractivity contribution >= 4 is 36.7 Å². The Morgan fingerprint density at radius 1 is 1.24 bits per heavy atom. The van der Waals surface area contributed by atoms with Gasteiger partial charge in [0, 0.05) is 17.8 Å². The van der Waals surface area contributed by atoms with Crippen molar-refractivity contribution in [3.05, 3.63) is 22.1 Å². The second-order valence-corrected chi connectivity index (χ2v) is 6.48. The summed E-state index contributed by atoms with van der Waals surface area (Å²) in [4.78, 5) is 12.2. The average molecular weight is 316 g/mol. The third-order valence-electron chi connectivity index (χ3n) is 2.36. The molecule has 7 heteroatoms. The summed E-state index contributed by atoms with van der Waals surface area (Å²) in [7, 11) is -3.42. The van der Waals surface area contributed by atoms with Gasteiger partial charge in [-0.2, -0.15) is 0 Å². The summed E-state index contributed by atoms with van der Waals surface area (Å²) >= 11 is 3.27. The Balaban J connectivity index is 2.97. The maximum atomic E-state index is 11.5. The van der Waals surface area contributed by atoms with Crippen LogP contribution in [0.3, 0.4) is 0 Å². The van der Waals surface area contributed by atoms with E-state index in [1.54, 1.807) is 13.1 Å². The first-order chi connectivity index (χ1) is 7.80. The SMILES string of the molecule is Cc1cnc(Br)c2nc(S(C)(=O)=O)nc(C)c12. The minimum absolute atomic E-state index is 0.171. The molecule has 0 unspecified atom stereocenters. The number of aromatic nitrogens is 3. The molecule has 2 heterocycles. The third-order valence-corrected chi connectivity index (χ3v) is 3.79. The zero-order valence-corrected chi connectivity index (χ0v) is 11.9. The fourth-order valence-electron chi connectivity index (χ4n) is 1.61. The van der Waals surface area contributed by atoms with Crippen LogP contribution >= 0.6 is 15.9 Å². The van der Waals surface area contributed by atoms with Crippen molar-refractivity contribution in [2.24, 2.45) is 0 Å². The molecule has 0 aromatic carbocycles. The van der Waals surface area contributed by atoms with Crippen LogP contribution in [-0.2, 0) is 9.84 Å². The summed E-state index contributed by atoms with van der Waals surface area (Å²) in [6.07, 6.45) is 2.79. The van der Waals surface area contributed by atoms with Crippen LogP contribution in [0, 0.1) is 13.8 Å². The van der Waals surface area contributed by atoms with E-state index < -0.39 is 9.84 Å². The monoisotopic (exact) mass is 315 g/mol. The Labute approximate surface area is 107 Å². The molecule has 17 heavy (non-hydrogen) atoms. The Morgan fingerprint density at radius 3 is 2.47 bits per heavy atom. The molecule has 0 spiro atoms. The van der Waals surface area contributed by atoms with E-state index in [1.807, 2.05) is 6.92 Å². The number of hydrogen-bond acceptors (Lipinski definition) is 5. The van der Waals surface area contributed by atoms with E-state index in [9.17, 15) is 8.42 Å². The molecule has 0 radical (unpaired) electrons. The van der Waals surface area contributed by atoms with Gasteiger partial charge < -0.3 is 0 Å². The van der Waals surface area contributed by atoms with Crippen molar-refractivity contribution in [3.8, 4) is 0 Å². The molecule has 0 aliphatic heterocycles. The van der Waals surface area contributed by atoms with Crippen LogP contribution in [0.5, 0.6) is 0 Å². The summed E-state index contributed by atoms with van der Waals surface area (Å²) in [5.74, 6) is 0. The summed E-state index contributed by atoms with van der Waals surface area (Å²) in [6.45, 7) is 3.65. The van der Waals surface area contributed by atoms with Crippen molar-refractivity contribution in [2.75, 3.05) is 6.26 Å². The molecule has 2 aromatic rings. The summed E-state index contributed by atoms with van der Waals surface area (Å²) in [5, 5.41) is 0.662. The molecular weight excluding hydrogens is 306 g/mol. The number of pyridine rings is 1. The van der Waals surface area contributed by atoms with E-state index in [1.165, 1.54) is 0 Å². The predicted molar refractivity (Wildman–Crippen MR) is 67.6 cm³/mol. The maximum absolute atomic E-state index is 11.5. The number of fused-ring (bicyclic) bond motifs is 1. The summed E-state index contributed by atoms with van der Waals surface area (Å²) < 4.78 is 23.5. The zero-order chi connectivity index (χ0) is 12.8. The molecule has 0 amide bonds. The maximum Gasteiger partial charge on any atom is 0.247 e. The van der Waals surface area contributed by atoms with E-state index >= 15 is 0 Å². The quantitative estimate of drug-likeness (QED) is 0.592. The first kappa shape index (κ1) is 12.4. The van der Waals surface area contributed by atoms with Crippen LogP contribution in [0.4, 0.5) is 0 Å². The number of hydrogen-bond donors (Lipinski definition) is 0. The molecule has 0 saturated carbocycles. The molecule has 5 nitrogen and oxygen atoms in total. The van der Waals surface area contributed by atoms with Crippen LogP contribution in [0.1, 0.15) is 11.3 Å². The molecule has 2 rings (SSSR count). The number of halogens is 1. The molecule has 0 aliphatic rings. The minimum atomic E-state index is -3.42. The molecule has 0 fully saturated rings. The summed E-state index contributed by atoms with van der Waals surface area (Å²) in [5.41, 5.74) is 2.08. The van der Waals surface area contributed by atoms with E-state index in [2.05, 4.69) is 30.9 Å². The van der Waals surface area contributed by atoms with Gasteiger partial charge in [0.1, 0.15) is 10.1 Å². The lowest BCUT2D eigenvalue weighted by atomic mass is 10.1. The van der Waals surface area contributed by atoms with Crippen molar-refractivity contribution in [3.63, 3.8) is 0 Å². The lowest BCUT2D eigenvalue weighted by Gasteiger charge is -2.07. The molecule has 2 aromatic heterocycles. The first-order valence-corrected chi connectivity index (χ1v) is 7.48. The van der Waals surface area contributed by atoms with Crippen molar-refractivity contribution < 1.29 is 8.42 Å². The lowest BCUT2D eigenvalue weighted by Crippen LogP contribution is -2.06. The van der Waals surface area contributed by atoms with E-state index in [0.29, 0.717) is 15.8 Å². The van der Waals surface area contributed by atoms with Gasteiger partial charge >= 0.3 is 0 Å². The van der Waals surface area contributed by atoms with Crippen LogP contribution < -0.4 is 0 Å². The highest BCUT2D eigenvalue weighted by Gasteiger charge is 2.16. The van der Waals surface area contributed by atoms with Crippen LogP contribution in [0.2, 0.25) is 0 Å². The highest BCUT2D eigenvalue weighted by Crippen LogP contribution is 2.25. The molecule has 0 N–H and O–H groups in total. The van der Waals surface area contributed by atoms with Crippen LogP contribution in [-0.4, -0.2) is 29.6 Å². The van der Waals surface area contributed by atoms with Crippen LogP contribution in [0.25, 0.3) is 10.9 Å². The standard InChI is InChI=1S/C10H10BrN3O2S/c1-5-4-12-9(11)8-7(5)6(2)13-10(14-8)17(3,15)16/h4H,1-3H3. The molecule has 0 aliphatic carbocycles. The van der Waals surface area contributed by atoms with E-state index in [-0.39, 0.29) is 5.16 Å². The number of rotatable bonds is 1. The van der Waals surface area contributed by atoms with Crippen LogP contribution in [0.15, 0.2) is 16.0 Å². The average Bonchev–Trinajstić information content (AvgIpc) is 2.21. The van der Waals surface area contributed by atoms with Gasteiger partial charge in [-0.15, -0.1) is 0 Å².